The van der Waals surface area contributed by atoms with Crippen LogP contribution in [0.4, 0.5) is 0 Å². The normalized spacial score (nSPS) is 18.5. The van der Waals surface area contributed by atoms with E-state index < -0.39 is 0 Å². The smallest absolute Gasteiger partial charge is 0.0534 e. The molecule has 0 spiro atoms. The SMILES string of the molecule is CC(NC(c1ccccc1)C1CC1)c1cn[nH]c1. The van der Waals surface area contributed by atoms with Crippen LogP contribution >= 0.6 is 0 Å². The number of hydrogen-bond acceptors (Lipinski definition) is 2. The third-order valence-electron chi connectivity index (χ3n) is 3.70. The van der Waals surface area contributed by atoms with E-state index in [0.29, 0.717) is 12.1 Å². The van der Waals surface area contributed by atoms with Crippen LogP contribution in [-0.4, -0.2) is 10.2 Å². The van der Waals surface area contributed by atoms with Crippen molar-refractivity contribution < 1.29 is 0 Å². The van der Waals surface area contributed by atoms with Crippen molar-refractivity contribution in [1.29, 1.82) is 0 Å². The van der Waals surface area contributed by atoms with Crippen LogP contribution in [0.3, 0.4) is 0 Å². The zero-order chi connectivity index (χ0) is 12.4. The number of rotatable bonds is 5. The molecule has 1 aromatic heterocycles. The van der Waals surface area contributed by atoms with Crippen molar-refractivity contribution in [2.24, 2.45) is 5.92 Å². The van der Waals surface area contributed by atoms with Gasteiger partial charge in [-0.2, -0.15) is 5.10 Å². The fraction of sp³-hybridized carbons (Fsp3) is 0.400. The number of nitrogens with one attached hydrogen (secondary N) is 2. The lowest BCUT2D eigenvalue weighted by atomic mass is 10.0. The van der Waals surface area contributed by atoms with E-state index in [4.69, 9.17) is 0 Å². The van der Waals surface area contributed by atoms with Crippen LogP contribution in [0.1, 0.15) is 43.0 Å². The fourth-order valence-electron chi connectivity index (χ4n) is 2.46. The van der Waals surface area contributed by atoms with Crippen molar-refractivity contribution in [2.75, 3.05) is 0 Å². The molecule has 1 heterocycles. The molecule has 1 aromatic carbocycles. The average molecular weight is 241 g/mol. The number of hydrogen-bond donors (Lipinski definition) is 2. The first-order valence-electron chi connectivity index (χ1n) is 6.64. The highest BCUT2D eigenvalue weighted by molar-refractivity contribution is 5.22. The Morgan fingerprint density at radius 2 is 2.00 bits per heavy atom. The van der Waals surface area contributed by atoms with Crippen molar-refractivity contribution in [2.45, 2.75) is 31.8 Å². The molecule has 2 unspecified atom stereocenters. The molecule has 3 nitrogen and oxygen atoms in total. The van der Waals surface area contributed by atoms with Gasteiger partial charge in [0, 0.05) is 23.8 Å². The summed E-state index contributed by atoms with van der Waals surface area (Å²) < 4.78 is 0. The lowest BCUT2D eigenvalue weighted by Crippen LogP contribution is -2.26. The van der Waals surface area contributed by atoms with E-state index in [9.17, 15) is 0 Å². The van der Waals surface area contributed by atoms with Crippen LogP contribution in [0, 0.1) is 5.92 Å². The molecule has 2 aromatic rings. The summed E-state index contributed by atoms with van der Waals surface area (Å²) in [4.78, 5) is 0. The standard InChI is InChI=1S/C15H19N3/c1-11(14-9-16-17-10-14)18-15(13-7-8-13)12-5-3-2-4-6-12/h2-6,9-11,13,15,18H,7-8H2,1H3,(H,16,17). The summed E-state index contributed by atoms with van der Waals surface area (Å²) in [6.45, 7) is 2.20. The second kappa shape index (κ2) is 4.94. The number of aromatic nitrogens is 2. The van der Waals surface area contributed by atoms with Crippen LogP contribution in [-0.2, 0) is 0 Å². The Labute approximate surface area is 108 Å². The van der Waals surface area contributed by atoms with Gasteiger partial charge in [-0.25, -0.2) is 0 Å². The number of nitrogens with zero attached hydrogens (tertiary/aromatic N) is 1. The van der Waals surface area contributed by atoms with Gasteiger partial charge >= 0.3 is 0 Å². The lowest BCUT2D eigenvalue weighted by molar-refractivity contribution is 0.427. The third kappa shape index (κ3) is 2.46. The van der Waals surface area contributed by atoms with Gasteiger partial charge in [-0.3, -0.25) is 5.10 Å². The van der Waals surface area contributed by atoms with Gasteiger partial charge in [-0.05, 0) is 31.2 Å². The van der Waals surface area contributed by atoms with Gasteiger partial charge in [0.25, 0.3) is 0 Å². The summed E-state index contributed by atoms with van der Waals surface area (Å²) >= 11 is 0. The van der Waals surface area contributed by atoms with Crippen molar-refractivity contribution in [1.82, 2.24) is 15.5 Å². The van der Waals surface area contributed by atoms with Gasteiger partial charge in [-0.15, -0.1) is 0 Å². The molecule has 3 rings (SSSR count). The van der Waals surface area contributed by atoms with E-state index in [1.165, 1.54) is 24.0 Å². The average Bonchev–Trinajstić information content (AvgIpc) is 3.10. The van der Waals surface area contributed by atoms with E-state index in [1.54, 1.807) is 0 Å². The monoisotopic (exact) mass is 241 g/mol. The summed E-state index contributed by atoms with van der Waals surface area (Å²) in [5.41, 5.74) is 2.62. The maximum absolute atomic E-state index is 4.02. The van der Waals surface area contributed by atoms with E-state index in [1.807, 2.05) is 12.4 Å². The maximum Gasteiger partial charge on any atom is 0.0534 e. The maximum atomic E-state index is 4.02. The molecule has 1 aliphatic carbocycles. The number of aromatic amines is 1. The van der Waals surface area contributed by atoms with Crippen molar-refractivity contribution >= 4 is 0 Å². The first kappa shape index (κ1) is 11.5. The molecule has 1 aliphatic rings. The Balaban J connectivity index is 1.75. The van der Waals surface area contributed by atoms with Crippen LogP contribution in [0.2, 0.25) is 0 Å². The third-order valence-corrected chi connectivity index (χ3v) is 3.70. The van der Waals surface area contributed by atoms with Gasteiger partial charge in [0.05, 0.1) is 6.20 Å². The summed E-state index contributed by atoms with van der Waals surface area (Å²) in [6, 6.07) is 11.6. The minimum atomic E-state index is 0.328. The molecule has 1 fully saturated rings. The quantitative estimate of drug-likeness (QED) is 0.844. The zero-order valence-electron chi connectivity index (χ0n) is 10.6. The number of benzene rings is 1. The van der Waals surface area contributed by atoms with Gasteiger partial charge < -0.3 is 5.32 Å². The second-order valence-electron chi connectivity index (χ2n) is 5.15. The predicted molar refractivity (Wildman–Crippen MR) is 72.0 cm³/mol. The van der Waals surface area contributed by atoms with Crippen LogP contribution in [0.15, 0.2) is 42.7 Å². The molecule has 2 N–H and O–H groups in total. The summed E-state index contributed by atoms with van der Waals surface area (Å²) in [7, 11) is 0. The second-order valence-corrected chi connectivity index (χ2v) is 5.15. The molecule has 1 saturated carbocycles. The van der Waals surface area contributed by atoms with Crippen molar-refractivity contribution in [3.05, 3.63) is 53.9 Å². The van der Waals surface area contributed by atoms with Crippen molar-refractivity contribution in [3.63, 3.8) is 0 Å². The molecule has 3 heteroatoms. The van der Waals surface area contributed by atoms with Gasteiger partial charge in [0.1, 0.15) is 0 Å². The highest BCUT2D eigenvalue weighted by Gasteiger charge is 2.33. The van der Waals surface area contributed by atoms with Gasteiger partial charge in [-0.1, -0.05) is 30.3 Å². The predicted octanol–water partition coefficient (Wildman–Crippen LogP) is 3.21. The van der Waals surface area contributed by atoms with E-state index in [-0.39, 0.29) is 0 Å². The fourth-order valence-corrected chi connectivity index (χ4v) is 2.46. The Hall–Kier alpha value is -1.61. The molecule has 18 heavy (non-hydrogen) atoms. The van der Waals surface area contributed by atoms with E-state index in [2.05, 4.69) is 52.8 Å². The molecule has 0 bridgehead atoms. The molecule has 0 amide bonds. The topological polar surface area (TPSA) is 40.7 Å². The number of H-pyrrole nitrogens is 1. The molecule has 2 atom stereocenters. The van der Waals surface area contributed by atoms with E-state index >= 15 is 0 Å². The zero-order valence-corrected chi connectivity index (χ0v) is 10.6. The molecule has 0 radical (unpaired) electrons. The first-order chi connectivity index (χ1) is 8.84. The summed E-state index contributed by atoms with van der Waals surface area (Å²) in [5, 5.41) is 10.6. The van der Waals surface area contributed by atoms with Crippen LogP contribution in [0.25, 0.3) is 0 Å². The van der Waals surface area contributed by atoms with E-state index in [0.717, 1.165) is 5.92 Å². The minimum Gasteiger partial charge on any atom is -0.303 e. The largest absolute Gasteiger partial charge is 0.303 e. The Kier molecular flexibility index (Phi) is 3.15. The lowest BCUT2D eigenvalue weighted by Gasteiger charge is -2.23. The molecular weight excluding hydrogens is 222 g/mol. The Morgan fingerprint density at radius 1 is 1.22 bits per heavy atom. The molecular formula is C15H19N3. The minimum absolute atomic E-state index is 0.328. The molecule has 0 aliphatic heterocycles. The highest BCUT2D eigenvalue weighted by atomic mass is 15.1. The molecule has 0 saturated heterocycles. The summed E-state index contributed by atoms with van der Waals surface area (Å²) in [6.07, 6.45) is 6.54. The van der Waals surface area contributed by atoms with Crippen LogP contribution < -0.4 is 5.32 Å². The van der Waals surface area contributed by atoms with Crippen LogP contribution in [0.5, 0.6) is 0 Å². The molecule has 94 valence electrons. The van der Waals surface area contributed by atoms with Crippen molar-refractivity contribution in [3.8, 4) is 0 Å². The highest BCUT2D eigenvalue weighted by Crippen LogP contribution is 2.42. The summed E-state index contributed by atoms with van der Waals surface area (Å²) in [5.74, 6) is 0.793. The van der Waals surface area contributed by atoms with Gasteiger partial charge in [0.2, 0.25) is 0 Å². The Bertz CT molecular complexity index is 474. The first-order valence-corrected chi connectivity index (χ1v) is 6.64. The Morgan fingerprint density at radius 3 is 2.61 bits per heavy atom. The van der Waals surface area contributed by atoms with Gasteiger partial charge in [0.15, 0.2) is 0 Å².